The van der Waals surface area contributed by atoms with Crippen LogP contribution in [0.15, 0.2) is 0 Å². The Kier molecular flexibility index (Phi) is 3.98. The molecule has 106 valence electrons. The third-order valence-corrected chi connectivity index (χ3v) is 5.12. The molecule has 2 saturated carbocycles. The lowest BCUT2D eigenvalue weighted by molar-refractivity contribution is -0.167. The Morgan fingerprint density at radius 3 is 2.11 bits per heavy atom. The summed E-state index contributed by atoms with van der Waals surface area (Å²) in [6.45, 7) is 0.845. The second-order valence-corrected chi connectivity index (χ2v) is 6.77. The summed E-state index contributed by atoms with van der Waals surface area (Å²) in [7, 11) is 0. The molecule has 0 spiro atoms. The van der Waals surface area contributed by atoms with Gasteiger partial charge in [-0.2, -0.15) is 0 Å². The van der Waals surface area contributed by atoms with Gasteiger partial charge >= 0.3 is 0 Å². The number of nitrogens with two attached hydrogens (primary N) is 1. The first-order valence-electron chi connectivity index (χ1n) is 7.05. The number of hydrogen-bond donors (Lipinski definition) is 2. The van der Waals surface area contributed by atoms with Gasteiger partial charge < -0.3 is 10.8 Å². The second-order valence-electron chi connectivity index (χ2n) is 6.77. The van der Waals surface area contributed by atoms with Crippen LogP contribution in [-0.4, -0.2) is 30.1 Å². The third-order valence-electron chi connectivity index (χ3n) is 5.12. The molecule has 0 aromatic heterocycles. The van der Waals surface area contributed by atoms with Crippen LogP contribution in [0.4, 0.5) is 8.78 Å². The lowest BCUT2D eigenvalue weighted by Gasteiger charge is -2.55. The highest BCUT2D eigenvalue weighted by molar-refractivity contribution is 5.10. The molecule has 0 aromatic carbocycles. The van der Waals surface area contributed by atoms with E-state index < -0.39 is 24.4 Å². The smallest absolute Gasteiger partial charge is 0.0977 e. The molecule has 0 amide bonds. The van der Waals surface area contributed by atoms with Gasteiger partial charge in [-0.1, -0.05) is 19.8 Å². The summed E-state index contributed by atoms with van der Waals surface area (Å²) in [5.74, 6) is 1.05. The predicted octanol–water partition coefficient (Wildman–Crippen LogP) is 2.59. The quantitative estimate of drug-likeness (QED) is 0.817. The maximum Gasteiger partial charge on any atom is 0.0977 e. The average Bonchev–Trinajstić information content (AvgIpc) is 2.35. The summed E-state index contributed by atoms with van der Waals surface area (Å²) >= 11 is 0. The zero-order chi connectivity index (χ0) is 13.4. The van der Waals surface area contributed by atoms with Crippen LogP contribution in [0.3, 0.4) is 0 Å². The van der Waals surface area contributed by atoms with E-state index in [-0.39, 0.29) is 18.9 Å². The maximum absolute atomic E-state index is 12.8. The van der Waals surface area contributed by atoms with Crippen LogP contribution < -0.4 is 5.73 Å². The molecule has 0 bridgehead atoms. The van der Waals surface area contributed by atoms with Crippen molar-refractivity contribution < 1.29 is 13.9 Å². The molecule has 0 radical (unpaired) electrons. The zero-order valence-electron chi connectivity index (χ0n) is 11.2. The van der Waals surface area contributed by atoms with E-state index >= 15 is 0 Å². The number of halogens is 2. The molecule has 0 heterocycles. The van der Waals surface area contributed by atoms with Gasteiger partial charge in [-0.15, -0.1) is 0 Å². The third kappa shape index (κ3) is 2.42. The Bertz CT molecular complexity index is 278. The van der Waals surface area contributed by atoms with Crippen molar-refractivity contribution in [2.75, 3.05) is 13.3 Å². The summed E-state index contributed by atoms with van der Waals surface area (Å²) < 4.78 is 25.6. The van der Waals surface area contributed by atoms with E-state index in [2.05, 4.69) is 6.92 Å². The van der Waals surface area contributed by atoms with Crippen LogP contribution in [0, 0.1) is 17.3 Å². The fourth-order valence-electron chi connectivity index (χ4n) is 3.79. The molecule has 2 fully saturated rings. The molecule has 18 heavy (non-hydrogen) atoms. The van der Waals surface area contributed by atoms with Gasteiger partial charge in [0.25, 0.3) is 0 Å². The zero-order valence-corrected chi connectivity index (χ0v) is 11.2. The normalized spacial score (nSPS) is 35.8. The molecule has 1 unspecified atom stereocenters. The predicted molar refractivity (Wildman–Crippen MR) is 67.7 cm³/mol. The molecular formula is C14H25F2NO. The molecular weight excluding hydrogens is 236 g/mol. The molecule has 2 aliphatic carbocycles. The molecule has 2 aliphatic rings. The molecule has 2 nitrogen and oxygen atoms in total. The van der Waals surface area contributed by atoms with E-state index in [1.54, 1.807) is 0 Å². The molecule has 0 aromatic rings. The largest absolute Gasteiger partial charge is 0.388 e. The molecule has 1 atom stereocenters. The van der Waals surface area contributed by atoms with Crippen molar-refractivity contribution in [1.29, 1.82) is 0 Å². The van der Waals surface area contributed by atoms with Crippen LogP contribution in [0.1, 0.15) is 45.4 Å². The van der Waals surface area contributed by atoms with E-state index in [0.29, 0.717) is 5.92 Å². The van der Waals surface area contributed by atoms with Gasteiger partial charge in [0, 0.05) is 11.5 Å². The number of hydrogen-bond acceptors (Lipinski definition) is 2. The Hall–Kier alpha value is -0.220. The SMILES string of the molecule is CC1CCC(C(N)C2(O)CC(CF)(CF)C2)CC1. The molecule has 0 saturated heterocycles. The van der Waals surface area contributed by atoms with Gasteiger partial charge in [0.2, 0.25) is 0 Å². The van der Waals surface area contributed by atoms with Crippen molar-refractivity contribution in [3.8, 4) is 0 Å². The van der Waals surface area contributed by atoms with Crippen molar-refractivity contribution in [1.82, 2.24) is 0 Å². The molecule has 0 aliphatic heterocycles. The van der Waals surface area contributed by atoms with E-state index in [9.17, 15) is 13.9 Å². The first-order valence-corrected chi connectivity index (χ1v) is 7.05. The minimum absolute atomic E-state index is 0.181. The first-order chi connectivity index (χ1) is 8.45. The van der Waals surface area contributed by atoms with Crippen LogP contribution in [0.2, 0.25) is 0 Å². The van der Waals surface area contributed by atoms with E-state index in [1.165, 1.54) is 0 Å². The lowest BCUT2D eigenvalue weighted by atomic mass is 9.55. The summed E-state index contributed by atoms with van der Waals surface area (Å²) in [5.41, 5.74) is 4.18. The van der Waals surface area contributed by atoms with Gasteiger partial charge in [-0.25, -0.2) is 0 Å². The Morgan fingerprint density at radius 2 is 1.67 bits per heavy atom. The van der Waals surface area contributed by atoms with Gasteiger partial charge in [0.15, 0.2) is 0 Å². The Labute approximate surface area is 108 Å². The van der Waals surface area contributed by atoms with Gasteiger partial charge in [0.1, 0.15) is 0 Å². The van der Waals surface area contributed by atoms with Crippen LogP contribution in [-0.2, 0) is 0 Å². The van der Waals surface area contributed by atoms with Gasteiger partial charge in [-0.3, -0.25) is 8.78 Å². The standard InChI is InChI=1S/C14H25F2NO/c1-10-2-4-11(5-3-10)12(17)14(18)6-13(7-14,8-15)9-16/h10-12,18H,2-9,17H2,1H3. The highest BCUT2D eigenvalue weighted by atomic mass is 19.1. The van der Waals surface area contributed by atoms with Crippen molar-refractivity contribution >= 4 is 0 Å². The van der Waals surface area contributed by atoms with E-state index in [4.69, 9.17) is 5.73 Å². The van der Waals surface area contributed by atoms with Crippen molar-refractivity contribution in [2.45, 2.75) is 57.1 Å². The highest BCUT2D eigenvalue weighted by Crippen LogP contribution is 2.52. The van der Waals surface area contributed by atoms with Crippen LogP contribution in [0.25, 0.3) is 0 Å². The number of aliphatic hydroxyl groups is 1. The summed E-state index contributed by atoms with van der Waals surface area (Å²) in [4.78, 5) is 0. The molecule has 4 heteroatoms. The average molecular weight is 261 g/mol. The van der Waals surface area contributed by atoms with E-state index in [0.717, 1.165) is 31.6 Å². The fraction of sp³-hybridized carbons (Fsp3) is 1.00. The van der Waals surface area contributed by atoms with Crippen LogP contribution in [0.5, 0.6) is 0 Å². The van der Waals surface area contributed by atoms with Gasteiger partial charge in [0.05, 0.1) is 19.0 Å². The summed E-state index contributed by atoms with van der Waals surface area (Å²) in [6, 6.07) is -0.323. The molecule has 3 N–H and O–H groups in total. The lowest BCUT2D eigenvalue weighted by Crippen LogP contribution is -2.65. The number of rotatable bonds is 4. The van der Waals surface area contributed by atoms with Gasteiger partial charge in [-0.05, 0) is 37.5 Å². The Balaban J connectivity index is 1.92. The second kappa shape index (κ2) is 5.04. The minimum Gasteiger partial charge on any atom is -0.388 e. The first kappa shape index (κ1) is 14.2. The monoisotopic (exact) mass is 261 g/mol. The summed E-state index contributed by atoms with van der Waals surface area (Å²) in [6.07, 6.45) is 4.71. The van der Waals surface area contributed by atoms with Crippen LogP contribution >= 0.6 is 0 Å². The number of alkyl halides is 2. The summed E-state index contributed by atoms with van der Waals surface area (Å²) in [5, 5.41) is 10.4. The van der Waals surface area contributed by atoms with E-state index in [1.807, 2.05) is 0 Å². The molecule has 2 rings (SSSR count). The van der Waals surface area contributed by atoms with Crippen molar-refractivity contribution in [2.24, 2.45) is 23.0 Å². The topological polar surface area (TPSA) is 46.2 Å². The van der Waals surface area contributed by atoms with Crippen molar-refractivity contribution in [3.05, 3.63) is 0 Å². The Morgan fingerprint density at radius 1 is 1.17 bits per heavy atom. The minimum atomic E-state index is -1.04. The fourth-order valence-corrected chi connectivity index (χ4v) is 3.79. The van der Waals surface area contributed by atoms with Crippen molar-refractivity contribution in [3.63, 3.8) is 0 Å². The highest BCUT2D eigenvalue weighted by Gasteiger charge is 2.58. The maximum atomic E-state index is 12.8.